The second-order valence-electron chi connectivity index (χ2n) is 12.9. The van der Waals surface area contributed by atoms with Crippen LogP contribution in [0.2, 0.25) is 0 Å². The Labute approximate surface area is 307 Å². The third kappa shape index (κ3) is 15.1. The number of halogens is 5. The predicted molar refractivity (Wildman–Crippen MR) is 184 cm³/mol. The van der Waals surface area contributed by atoms with Gasteiger partial charge in [0, 0.05) is 25.1 Å². The van der Waals surface area contributed by atoms with Gasteiger partial charge in [-0.25, -0.2) is 31.5 Å². The number of unbranched alkanes of at least 4 members (excludes halogenated alkanes) is 1. The Bertz CT molecular complexity index is 1620. The zero-order chi connectivity index (χ0) is 40.6. The molecule has 2 aromatic rings. The van der Waals surface area contributed by atoms with Crippen LogP contribution in [0.1, 0.15) is 64.0 Å². The Morgan fingerprint density at radius 1 is 0.704 bits per heavy atom. The van der Waals surface area contributed by atoms with Gasteiger partial charge in [-0.15, -0.1) is 0 Å². The molecule has 0 saturated carbocycles. The molecule has 2 aromatic carbocycles. The molecule has 2 rings (SSSR count). The van der Waals surface area contributed by atoms with Gasteiger partial charge >= 0.3 is 12.2 Å². The number of ether oxygens (including phenoxy) is 2. The first kappa shape index (κ1) is 44.5. The Balaban J connectivity index is 2.23. The predicted octanol–water partition coefficient (Wildman–Crippen LogP) is 2.63. The van der Waals surface area contributed by atoms with E-state index in [0.29, 0.717) is 0 Å². The largest absolute Gasteiger partial charge is 0.445 e. The summed E-state index contributed by atoms with van der Waals surface area (Å²) in [6.07, 6.45) is -2.86. The minimum absolute atomic E-state index is 0.0278. The number of carbonyl (C=O) groups is 5. The highest BCUT2D eigenvalue weighted by molar-refractivity contribution is 5.93. The molecule has 298 valence electrons. The fourth-order valence-corrected chi connectivity index (χ4v) is 4.76. The number of carbonyl (C=O) groups excluding carboxylic acids is 5. The first-order valence-electron chi connectivity index (χ1n) is 16.7. The number of hydrogen-bond acceptors (Lipinski definition) is 8. The average molecular weight is 773 g/mol. The van der Waals surface area contributed by atoms with Gasteiger partial charge in [0.2, 0.25) is 23.5 Å². The molecular formula is C34H45F5N8O7. The maximum Gasteiger partial charge on any atom is 0.408 e. The van der Waals surface area contributed by atoms with E-state index in [9.17, 15) is 45.9 Å². The van der Waals surface area contributed by atoms with E-state index >= 15 is 0 Å². The molecule has 15 nitrogen and oxygen atoms in total. The van der Waals surface area contributed by atoms with Crippen LogP contribution >= 0.6 is 0 Å². The lowest BCUT2D eigenvalue weighted by Crippen LogP contribution is -2.57. The SMILES string of the molecule is CC(C)(C)OC(=O)N[C@H](CCCNC(=N)N)C(=O)N[C@@H](Cc1c(F)c(F)c(F)c(F)c1F)C(=O)N[C@@H](CCCCNC(=O)OCc1ccccc1)C(N)=O. The summed E-state index contributed by atoms with van der Waals surface area (Å²) in [5.74, 6) is -15.5. The highest BCUT2D eigenvalue weighted by atomic mass is 19.2. The summed E-state index contributed by atoms with van der Waals surface area (Å²) in [5, 5.41) is 19.0. The molecule has 54 heavy (non-hydrogen) atoms. The van der Waals surface area contributed by atoms with Gasteiger partial charge in [-0.05, 0) is 58.4 Å². The van der Waals surface area contributed by atoms with E-state index in [1.807, 2.05) is 0 Å². The maximum absolute atomic E-state index is 14.8. The average Bonchev–Trinajstić information content (AvgIpc) is 3.10. The number of primary amides is 1. The van der Waals surface area contributed by atoms with E-state index in [0.717, 1.165) is 5.56 Å². The topological polar surface area (TPSA) is 240 Å². The minimum Gasteiger partial charge on any atom is -0.445 e. The summed E-state index contributed by atoms with van der Waals surface area (Å²) in [5.41, 5.74) is 9.02. The molecule has 20 heteroatoms. The summed E-state index contributed by atoms with van der Waals surface area (Å²) >= 11 is 0. The van der Waals surface area contributed by atoms with Gasteiger partial charge < -0.3 is 47.5 Å². The lowest BCUT2D eigenvalue weighted by Gasteiger charge is -2.26. The summed E-state index contributed by atoms with van der Waals surface area (Å²) in [6, 6.07) is 3.84. The lowest BCUT2D eigenvalue weighted by molar-refractivity contribution is -0.132. The number of hydrogen-bond donors (Lipinski definition) is 8. The van der Waals surface area contributed by atoms with Crippen molar-refractivity contribution in [2.75, 3.05) is 13.1 Å². The summed E-state index contributed by atoms with van der Waals surface area (Å²) in [4.78, 5) is 63.8. The Hall–Kier alpha value is -5.69. The van der Waals surface area contributed by atoms with Crippen molar-refractivity contribution in [3.05, 3.63) is 70.5 Å². The number of alkyl carbamates (subject to hydrolysis) is 2. The van der Waals surface area contributed by atoms with Crippen LogP contribution < -0.4 is 38.1 Å². The highest BCUT2D eigenvalue weighted by Crippen LogP contribution is 2.24. The van der Waals surface area contributed by atoms with Crippen molar-refractivity contribution in [3.8, 4) is 0 Å². The molecule has 0 aliphatic rings. The smallest absolute Gasteiger partial charge is 0.408 e. The Morgan fingerprint density at radius 3 is 1.81 bits per heavy atom. The van der Waals surface area contributed by atoms with Crippen molar-refractivity contribution < 1.29 is 55.4 Å². The van der Waals surface area contributed by atoms with Gasteiger partial charge in [-0.2, -0.15) is 0 Å². The highest BCUT2D eigenvalue weighted by Gasteiger charge is 2.34. The molecule has 5 amide bonds. The van der Waals surface area contributed by atoms with Gasteiger partial charge in [0.1, 0.15) is 30.3 Å². The molecule has 0 saturated heterocycles. The Morgan fingerprint density at radius 2 is 1.24 bits per heavy atom. The molecule has 0 aromatic heterocycles. The van der Waals surface area contributed by atoms with E-state index in [1.54, 1.807) is 30.3 Å². The monoisotopic (exact) mass is 772 g/mol. The first-order valence-corrected chi connectivity index (χ1v) is 16.7. The zero-order valence-corrected chi connectivity index (χ0v) is 29.9. The zero-order valence-electron chi connectivity index (χ0n) is 29.9. The van der Waals surface area contributed by atoms with Crippen molar-refractivity contribution >= 4 is 35.9 Å². The number of nitrogens with one attached hydrogen (secondary N) is 6. The van der Waals surface area contributed by atoms with Crippen molar-refractivity contribution in [1.29, 1.82) is 5.41 Å². The van der Waals surface area contributed by atoms with E-state index in [2.05, 4.69) is 26.6 Å². The van der Waals surface area contributed by atoms with E-state index in [1.165, 1.54) is 20.8 Å². The van der Waals surface area contributed by atoms with Crippen LogP contribution in [0, 0.1) is 34.5 Å². The fourth-order valence-electron chi connectivity index (χ4n) is 4.76. The molecule has 3 atom stereocenters. The molecule has 0 spiro atoms. The van der Waals surface area contributed by atoms with E-state index < -0.39 is 101 Å². The third-order valence-corrected chi connectivity index (χ3v) is 7.40. The van der Waals surface area contributed by atoms with Crippen LogP contribution in [0.3, 0.4) is 0 Å². The molecule has 0 fully saturated rings. The minimum atomic E-state index is -2.45. The molecule has 0 aliphatic heterocycles. The number of guanidine groups is 1. The third-order valence-electron chi connectivity index (χ3n) is 7.40. The molecule has 10 N–H and O–H groups in total. The van der Waals surface area contributed by atoms with Crippen LogP contribution in [0.15, 0.2) is 30.3 Å². The van der Waals surface area contributed by atoms with Gasteiger partial charge in [-0.1, -0.05) is 30.3 Å². The molecule has 0 bridgehead atoms. The maximum atomic E-state index is 14.8. The van der Waals surface area contributed by atoms with Gasteiger partial charge in [-0.3, -0.25) is 19.8 Å². The lowest BCUT2D eigenvalue weighted by atomic mass is 10.0. The van der Waals surface area contributed by atoms with Crippen molar-refractivity contribution in [2.24, 2.45) is 11.5 Å². The first-order chi connectivity index (χ1) is 25.3. The summed E-state index contributed by atoms with van der Waals surface area (Å²) in [6.45, 7) is 4.79. The van der Waals surface area contributed by atoms with Crippen LogP contribution in [-0.2, 0) is 36.9 Å². The standard InChI is InChI=1S/C34H45F5N8O7/c1-34(2,3)54-33(52)47-21(13-9-15-43-31(41)42)29(49)46-22(16-19-23(35)25(37)27(39)26(38)24(19)36)30(50)45-20(28(40)48)12-7-8-14-44-32(51)53-17-18-10-5-4-6-11-18/h4-6,10-11,20-22H,7-9,12-17H2,1-3H3,(H2,40,48)(H,44,51)(H,45,50)(H,46,49)(H,47,52)(H4,41,42,43)/t20-,21+,22-/m0/s1. The van der Waals surface area contributed by atoms with Gasteiger partial charge in [0.15, 0.2) is 29.2 Å². The normalized spacial score (nSPS) is 12.7. The second-order valence-corrected chi connectivity index (χ2v) is 12.9. The van der Waals surface area contributed by atoms with Crippen molar-refractivity contribution in [3.63, 3.8) is 0 Å². The van der Waals surface area contributed by atoms with Gasteiger partial charge in [0.05, 0.1) is 0 Å². The molecule has 0 heterocycles. The number of rotatable bonds is 19. The molecule has 0 radical (unpaired) electrons. The quantitative estimate of drug-likeness (QED) is 0.0261. The number of amides is 5. The van der Waals surface area contributed by atoms with Crippen LogP contribution in [0.25, 0.3) is 0 Å². The summed E-state index contributed by atoms with van der Waals surface area (Å²) in [7, 11) is 0. The van der Waals surface area contributed by atoms with Crippen molar-refractivity contribution in [2.45, 2.75) is 89.6 Å². The molecule has 0 unspecified atom stereocenters. The summed E-state index contributed by atoms with van der Waals surface area (Å²) < 4.78 is 81.8. The second kappa shape index (κ2) is 21.1. The van der Waals surface area contributed by atoms with Crippen LogP contribution in [0.5, 0.6) is 0 Å². The fraction of sp³-hybridized carbons (Fsp3) is 0.471. The number of benzene rings is 2. The molecule has 0 aliphatic carbocycles. The van der Waals surface area contributed by atoms with Crippen LogP contribution in [-0.4, -0.2) is 72.7 Å². The van der Waals surface area contributed by atoms with Crippen molar-refractivity contribution in [1.82, 2.24) is 26.6 Å². The number of nitrogens with two attached hydrogens (primary N) is 2. The molecular weight excluding hydrogens is 727 g/mol. The van der Waals surface area contributed by atoms with E-state index in [-0.39, 0.29) is 51.8 Å². The Kier molecular flexibility index (Phi) is 17.4. The van der Waals surface area contributed by atoms with Gasteiger partial charge in [0.25, 0.3) is 0 Å². The van der Waals surface area contributed by atoms with Crippen LogP contribution in [0.4, 0.5) is 31.5 Å². The van der Waals surface area contributed by atoms with E-state index in [4.69, 9.17) is 26.4 Å².